The molecule has 2 heterocycles. The average molecular weight is 267 g/mol. The summed E-state index contributed by atoms with van der Waals surface area (Å²) in [6, 6.07) is 2.52. The van der Waals surface area contributed by atoms with Crippen LogP contribution in [0.2, 0.25) is 0 Å². The Balaban J connectivity index is 1.95. The number of aromatic nitrogens is 2. The Morgan fingerprint density at radius 3 is 2.84 bits per heavy atom. The molecule has 1 aliphatic heterocycles. The van der Waals surface area contributed by atoms with Gasteiger partial charge in [-0.3, -0.25) is 9.58 Å². The zero-order chi connectivity index (χ0) is 14.0. The minimum absolute atomic E-state index is 0.105. The van der Waals surface area contributed by atoms with E-state index in [4.69, 9.17) is 4.74 Å². The molecule has 2 rings (SSSR count). The lowest BCUT2D eigenvalue weighted by atomic mass is 10.1. The Bertz CT molecular complexity index is 417. The van der Waals surface area contributed by atoms with E-state index < -0.39 is 6.10 Å². The number of hydrogen-bond donors (Lipinski definition) is 1. The number of aryl methyl sites for hydroxylation is 2. The first-order valence-corrected chi connectivity index (χ1v) is 7.00. The largest absolute Gasteiger partial charge is 0.390 e. The fourth-order valence-corrected chi connectivity index (χ4v) is 2.60. The molecule has 1 aromatic heterocycles. The molecule has 1 saturated heterocycles. The SMILES string of the molecule is Cc1cc(CC(O)C2CN(C(C)C)CCO2)n(C)n1. The number of rotatable bonds is 4. The van der Waals surface area contributed by atoms with Crippen molar-refractivity contribution >= 4 is 0 Å². The molecule has 19 heavy (non-hydrogen) atoms. The van der Waals surface area contributed by atoms with Gasteiger partial charge in [0.2, 0.25) is 0 Å². The van der Waals surface area contributed by atoms with Gasteiger partial charge in [-0.2, -0.15) is 5.10 Å². The minimum Gasteiger partial charge on any atom is -0.390 e. The molecule has 2 atom stereocenters. The minimum atomic E-state index is -0.476. The van der Waals surface area contributed by atoms with E-state index >= 15 is 0 Å². The number of ether oxygens (including phenoxy) is 1. The summed E-state index contributed by atoms with van der Waals surface area (Å²) < 4.78 is 7.55. The van der Waals surface area contributed by atoms with E-state index in [9.17, 15) is 5.11 Å². The van der Waals surface area contributed by atoms with E-state index in [1.807, 2.05) is 24.7 Å². The first-order valence-electron chi connectivity index (χ1n) is 7.00. The zero-order valence-electron chi connectivity index (χ0n) is 12.3. The van der Waals surface area contributed by atoms with Gasteiger partial charge in [0.05, 0.1) is 24.5 Å². The fraction of sp³-hybridized carbons (Fsp3) is 0.786. The molecule has 0 aliphatic carbocycles. The highest BCUT2D eigenvalue weighted by Crippen LogP contribution is 2.15. The first kappa shape index (κ1) is 14.5. The molecule has 5 heteroatoms. The van der Waals surface area contributed by atoms with Gasteiger partial charge < -0.3 is 9.84 Å². The Labute approximate surface area is 115 Å². The van der Waals surface area contributed by atoms with E-state index in [0.29, 0.717) is 19.1 Å². The quantitative estimate of drug-likeness (QED) is 0.874. The van der Waals surface area contributed by atoms with Gasteiger partial charge in [0, 0.05) is 38.3 Å². The van der Waals surface area contributed by atoms with Crippen LogP contribution in [0.1, 0.15) is 25.2 Å². The summed E-state index contributed by atoms with van der Waals surface area (Å²) in [4.78, 5) is 2.35. The summed E-state index contributed by atoms with van der Waals surface area (Å²) in [5.41, 5.74) is 2.04. The highest BCUT2D eigenvalue weighted by molar-refractivity contribution is 5.10. The average Bonchev–Trinajstić information content (AvgIpc) is 2.68. The van der Waals surface area contributed by atoms with Crippen molar-refractivity contribution in [2.45, 2.75) is 45.4 Å². The fourth-order valence-electron chi connectivity index (χ4n) is 2.60. The van der Waals surface area contributed by atoms with Crippen molar-refractivity contribution in [3.63, 3.8) is 0 Å². The lowest BCUT2D eigenvalue weighted by Crippen LogP contribution is -2.50. The van der Waals surface area contributed by atoms with Gasteiger partial charge in [-0.05, 0) is 26.8 Å². The molecule has 0 spiro atoms. The molecule has 0 saturated carbocycles. The lowest BCUT2D eigenvalue weighted by Gasteiger charge is -2.37. The van der Waals surface area contributed by atoms with Crippen molar-refractivity contribution in [3.05, 3.63) is 17.5 Å². The third kappa shape index (κ3) is 3.55. The van der Waals surface area contributed by atoms with Crippen LogP contribution in [-0.2, 0) is 18.2 Å². The maximum absolute atomic E-state index is 10.4. The summed E-state index contributed by atoms with van der Waals surface area (Å²) in [6.45, 7) is 8.78. The Morgan fingerprint density at radius 1 is 1.53 bits per heavy atom. The van der Waals surface area contributed by atoms with Gasteiger partial charge in [-0.25, -0.2) is 0 Å². The van der Waals surface area contributed by atoms with Crippen molar-refractivity contribution < 1.29 is 9.84 Å². The number of nitrogens with zero attached hydrogens (tertiary/aromatic N) is 3. The predicted molar refractivity (Wildman–Crippen MR) is 74.1 cm³/mol. The molecular formula is C14H25N3O2. The highest BCUT2D eigenvalue weighted by atomic mass is 16.5. The Morgan fingerprint density at radius 2 is 2.26 bits per heavy atom. The molecule has 1 N–H and O–H groups in total. The maximum atomic E-state index is 10.4. The number of hydrogen-bond acceptors (Lipinski definition) is 4. The van der Waals surface area contributed by atoms with Crippen molar-refractivity contribution in [1.29, 1.82) is 0 Å². The van der Waals surface area contributed by atoms with Crippen LogP contribution >= 0.6 is 0 Å². The predicted octanol–water partition coefficient (Wildman–Crippen LogP) is 0.741. The van der Waals surface area contributed by atoms with Gasteiger partial charge in [-0.1, -0.05) is 0 Å². The van der Waals surface area contributed by atoms with Crippen LogP contribution in [0.15, 0.2) is 6.07 Å². The van der Waals surface area contributed by atoms with Crippen molar-refractivity contribution in [2.75, 3.05) is 19.7 Å². The van der Waals surface area contributed by atoms with Crippen molar-refractivity contribution in [1.82, 2.24) is 14.7 Å². The van der Waals surface area contributed by atoms with E-state index in [0.717, 1.165) is 24.5 Å². The smallest absolute Gasteiger partial charge is 0.0964 e. The Hall–Kier alpha value is -0.910. The van der Waals surface area contributed by atoms with Crippen molar-refractivity contribution in [2.24, 2.45) is 7.05 Å². The van der Waals surface area contributed by atoms with Crippen LogP contribution in [0.5, 0.6) is 0 Å². The number of morpholine rings is 1. The van der Waals surface area contributed by atoms with E-state index in [1.54, 1.807) is 0 Å². The highest BCUT2D eigenvalue weighted by Gasteiger charge is 2.28. The van der Waals surface area contributed by atoms with Crippen LogP contribution in [0.25, 0.3) is 0 Å². The molecule has 108 valence electrons. The van der Waals surface area contributed by atoms with Crippen LogP contribution < -0.4 is 0 Å². The maximum Gasteiger partial charge on any atom is 0.0964 e. The second-order valence-electron chi connectivity index (χ2n) is 5.67. The first-order chi connectivity index (χ1) is 8.97. The third-order valence-electron chi connectivity index (χ3n) is 3.80. The summed E-state index contributed by atoms with van der Waals surface area (Å²) in [6.07, 6.45) is 0.0104. The van der Waals surface area contributed by atoms with Crippen LogP contribution in [0.3, 0.4) is 0 Å². The van der Waals surface area contributed by atoms with Gasteiger partial charge in [0.25, 0.3) is 0 Å². The normalized spacial score (nSPS) is 22.9. The summed E-state index contributed by atoms with van der Waals surface area (Å²) >= 11 is 0. The second-order valence-corrected chi connectivity index (χ2v) is 5.67. The summed E-state index contributed by atoms with van der Waals surface area (Å²) in [5.74, 6) is 0. The van der Waals surface area contributed by atoms with Gasteiger partial charge in [0.1, 0.15) is 0 Å². The van der Waals surface area contributed by atoms with Gasteiger partial charge >= 0.3 is 0 Å². The Kier molecular flexibility index (Phi) is 4.60. The molecule has 0 aromatic carbocycles. The number of aliphatic hydroxyl groups is 1. The van der Waals surface area contributed by atoms with Gasteiger partial charge in [-0.15, -0.1) is 0 Å². The number of aliphatic hydroxyl groups excluding tert-OH is 1. The summed E-state index contributed by atoms with van der Waals surface area (Å²) in [5, 5.41) is 14.7. The second kappa shape index (κ2) is 6.03. The molecular weight excluding hydrogens is 242 g/mol. The van der Waals surface area contributed by atoms with E-state index in [2.05, 4.69) is 23.8 Å². The molecule has 0 bridgehead atoms. The topological polar surface area (TPSA) is 50.5 Å². The molecule has 0 radical (unpaired) electrons. The monoisotopic (exact) mass is 267 g/mol. The summed E-state index contributed by atoms with van der Waals surface area (Å²) in [7, 11) is 1.91. The molecule has 5 nitrogen and oxygen atoms in total. The van der Waals surface area contributed by atoms with Gasteiger partial charge in [0.15, 0.2) is 0 Å². The molecule has 1 aliphatic rings. The lowest BCUT2D eigenvalue weighted by molar-refractivity contribution is -0.0944. The van der Waals surface area contributed by atoms with E-state index in [-0.39, 0.29) is 6.10 Å². The van der Waals surface area contributed by atoms with Crippen LogP contribution in [0, 0.1) is 6.92 Å². The van der Waals surface area contributed by atoms with Crippen LogP contribution in [0.4, 0.5) is 0 Å². The standard InChI is InChI=1S/C14H25N3O2/c1-10(2)17-5-6-19-14(9-17)13(18)8-12-7-11(3)15-16(12)4/h7,10,13-14,18H,5-6,8-9H2,1-4H3. The third-order valence-corrected chi connectivity index (χ3v) is 3.80. The molecule has 0 amide bonds. The van der Waals surface area contributed by atoms with Crippen LogP contribution in [-0.4, -0.2) is 57.7 Å². The van der Waals surface area contributed by atoms with Crippen molar-refractivity contribution in [3.8, 4) is 0 Å². The molecule has 2 unspecified atom stereocenters. The zero-order valence-corrected chi connectivity index (χ0v) is 12.3. The van der Waals surface area contributed by atoms with E-state index in [1.165, 1.54) is 0 Å². The molecule has 1 fully saturated rings. The molecule has 1 aromatic rings.